The van der Waals surface area contributed by atoms with Gasteiger partial charge in [0.05, 0.1) is 20.6 Å². The van der Waals surface area contributed by atoms with E-state index in [2.05, 4.69) is 10.4 Å². The summed E-state index contributed by atoms with van der Waals surface area (Å²) in [6.45, 7) is 3.25. The van der Waals surface area contributed by atoms with Crippen LogP contribution < -0.4 is 20.5 Å². The van der Waals surface area contributed by atoms with Gasteiger partial charge in [-0.1, -0.05) is 13.0 Å². The molecule has 1 N–H and O–H groups in total. The van der Waals surface area contributed by atoms with E-state index in [1.54, 1.807) is 29.5 Å². The average molecular weight is 388 g/mol. The number of aromatic nitrogens is 3. The molecule has 8 nitrogen and oxygen atoms in total. The Kier molecular flexibility index (Phi) is 6.38. The number of hydrogen-bond acceptors (Lipinski definition) is 5. The molecule has 1 aromatic heterocycles. The molecule has 0 aliphatic carbocycles. The number of hydrogen-bond donors (Lipinski definition) is 1. The average Bonchev–Trinajstić information content (AvgIpc) is 2.86. The Morgan fingerprint density at radius 1 is 1.29 bits per heavy atom. The van der Waals surface area contributed by atoms with Crippen molar-refractivity contribution in [2.45, 2.75) is 58.2 Å². The Morgan fingerprint density at radius 2 is 2.11 bits per heavy atom. The van der Waals surface area contributed by atoms with Crippen molar-refractivity contribution in [3.8, 4) is 11.5 Å². The van der Waals surface area contributed by atoms with Gasteiger partial charge in [-0.25, -0.2) is 9.48 Å². The molecule has 1 aliphatic rings. The van der Waals surface area contributed by atoms with E-state index in [1.807, 2.05) is 19.1 Å². The number of amides is 1. The zero-order valence-electron chi connectivity index (χ0n) is 16.7. The van der Waals surface area contributed by atoms with Crippen LogP contribution in [-0.2, 0) is 30.7 Å². The molecule has 1 aliphatic heterocycles. The molecule has 0 fully saturated rings. The van der Waals surface area contributed by atoms with Crippen LogP contribution in [0.4, 0.5) is 0 Å². The van der Waals surface area contributed by atoms with Gasteiger partial charge in [-0.05, 0) is 25.3 Å². The van der Waals surface area contributed by atoms with Crippen LogP contribution in [0.3, 0.4) is 0 Å². The molecule has 3 rings (SSSR count). The van der Waals surface area contributed by atoms with E-state index in [-0.39, 0.29) is 24.1 Å². The van der Waals surface area contributed by atoms with Crippen LogP contribution in [-0.4, -0.2) is 40.5 Å². The summed E-state index contributed by atoms with van der Waals surface area (Å²) in [5.74, 6) is 2.07. The second-order valence-corrected chi connectivity index (χ2v) is 7.02. The predicted octanol–water partition coefficient (Wildman–Crippen LogP) is 1.54. The number of aryl methyl sites for hydroxylation is 2. The zero-order valence-corrected chi connectivity index (χ0v) is 16.7. The van der Waals surface area contributed by atoms with Gasteiger partial charge in [0.1, 0.15) is 17.3 Å². The monoisotopic (exact) mass is 388 g/mol. The highest BCUT2D eigenvalue weighted by molar-refractivity contribution is 5.79. The smallest absolute Gasteiger partial charge is 0.345 e. The molecule has 1 unspecified atom stereocenters. The normalized spacial score (nSPS) is 16.2. The maximum absolute atomic E-state index is 12.5. The topological polar surface area (TPSA) is 87.4 Å². The second-order valence-electron chi connectivity index (χ2n) is 7.02. The number of nitrogens with one attached hydrogen (secondary N) is 1. The SMILES string of the molecule is CCCn1nc2n(c1=O)CCC(NC(=O)Cc1ccc(OC)cc1OC)CC2. The van der Waals surface area contributed by atoms with Crippen LogP contribution in [0.25, 0.3) is 0 Å². The number of benzene rings is 1. The van der Waals surface area contributed by atoms with Gasteiger partial charge < -0.3 is 14.8 Å². The molecule has 0 radical (unpaired) electrons. The maximum atomic E-state index is 12.5. The molecular formula is C20H28N4O4. The summed E-state index contributed by atoms with van der Waals surface area (Å²) in [6.07, 6.45) is 3.29. The van der Waals surface area contributed by atoms with Gasteiger partial charge in [0.2, 0.25) is 5.91 Å². The lowest BCUT2D eigenvalue weighted by atomic mass is 10.1. The van der Waals surface area contributed by atoms with Gasteiger partial charge in [0, 0.05) is 37.2 Å². The quantitative estimate of drug-likeness (QED) is 0.777. The molecule has 0 spiro atoms. The van der Waals surface area contributed by atoms with Crippen molar-refractivity contribution in [3.63, 3.8) is 0 Å². The van der Waals surface area contributed by atoms with Gasteiger partial charge in [0.25, 0.3) is 0 Å². The van der Waals surface area contributed by atoms with Gasteiger partial charge >= 0.3 is 5.69 Å². The molecule has 1 atom stereocenters. The number of fused-ring (bicyclic) bond motifs is 1. The first-order valence-electron chi connectivity index (χ1n) is 9.72. The van der Waals surface area contributed by atoms with E-state index < -0.39 is 0 Å². The van der Waals surface area contributed by atoms with Crippen LogP contribution in [0, 0.1) is 0 Å². The van der Waals surface area contributed by atoms with Crippen molar-refractivity contribution in [2.24, 2.45) is 0 Å². The summed E-state index contributed by atoms with van der Waals surface area (Å²) >= 11 is 0. The highest BCUT2D eigenvalue weighted by Crippen LogP contribution is 2.25. The third kappa shape index (κ3) is 4.37. The Balaban J connectivity index is 1.61. The van der Waals surface area contributed by atoms with Crippen LogP contribution in [0.15, 0.2) is 23.0 Å². The molecule has 0 bridgehead atoms. The summed E-state index contributed by atoms with van der Waals surface area (Å²) < 4.78 is 13.8. The lowest BCUT2D eigenvalue weighted by Crippen LogP contribution is -2.36. The van der Waals surface area contributed by atoms with Crippen molar-refractivity contribution in [3.05, 3.63) is 40.1 Å². The van der Waals surface area contributed by atoms with Crippen LogP contribution in [0.1, 0.15) is 37.6 Å². The number of carbonyl (C=O) groups excluding carboxylic acids is 1. The molecular weight excluding hydrogens is 360 g/mol. The number of ether oxygens (including phenoxy) is 2. The molecule has 1 amide bonds. The molecule has 152 valence electrons. The van der Waals surface area contributed by atoms with E-state index in [1.165, 1.54) is 0 Å². The lowest BCUT2D eigenvalue weighted by molar-refractivity contribution is -0.121. The summed E-state index contributed by atoms with van der Waals surface area (Å²) in [4.78, 5) is 24.9. The first kappa shape index (κ1) is 20.0. The fraction of sp³-hybridized carbons (Fsp3) is 0.550. The van der Waals surface area contributed by atoms with E-state index in [4.69, 9.17) is 9.47 Å². The van der Waals surface area contributed by atoms with Gasteiger partial charge in [-0.15, -0.1) is 0 Å². The van der Waals surface area contributed by atoms with E-state index >= 15 is 0 Å². The maximum Gasteiger partial charge on any atom is 0.345 e. The third-order valence-corrected chi connectivity index (χ3v) is 5.06. The third-order valence-electron chi connectivity index (χ3n) is 5.06. The zero-order chi connectivity index (χ0) is 20.1. The summed E-state index contributed by atoms with van der Waals surface area (Å²) in [5, 5.41) is 7.54. The Hall–Kier alpha value is -2.77. The van der Waals surface area contributed by atoms with Crippen molar-refractivity contribution in [1.82, 2.24) is 19.7 Å². The minimum atomic E-state index is -0.0589. The molecule has 2 heterocycles. The Labute approximate surface area is 164 Å². The van der Waals surface area contributed by atoms with Crippen molar-refractivity contribution < 1.29 is 14.3 Å². The molecule has 0 saturated heterocycles. The van der Waals surface area contributed by atoms with Gasteiger partial charge in [-0.2, -0.15) is 5.10 Å². The number of methoxy groups -OCH3 is 2. The molecule has 8 heteroatoms. The second kappa shape index (κ2) is 8.95. The molecule has 28 heavy (non-hydrogen) atoms. The summed E-state index contributed by atoms with van der Waals surface area (Å²) in [6, 6.07) is 5.46. The molecule has 0 saturated carbocycles. The van der Waals surface area contributed by atoms with E-state index in [9.17, 15) is 9.59 Å². The number of carbonyl (C=O) groups is 1. The van der Waals surface area contributed by atoms with Crippen molar-refractivity contribution >= 4 is 5.91 Å². The largest absolute Gasteiger partial charge is 0.497 e. The Bertz CT molecular complexity index is 887. The summed E-state index contributed by atoms with van der Waals surface area (Å²) in [7, 11) is 3.17. The van der Waals surface area contributed by atoms with Crippen molar-refractivity contribution in [2.75, 3.05) is 14.2 Å². The van der Waals surface area contributed by atoms with Gasteiger partial charge in [0.15, 0.2) is 0 Å². The van der Waals surface area contributed by atoms with Crippen LogP contribution >= 0.6 is 0 Å². The minimum Gasteiger partial charge on any atom is -0.497 e. The summed E-state index contributed by atoms with van der Waals surface area (Å²) in [5.41, 5.74) is 0.761. The molecule has 2 aromatic rings. The van der Waals surface area contributed by atoms with Crippen LogP contribution in [0.5, 0.6) is 11.5 Å². The van der Waals surface area contributed by atoms with Gasteiger partial charge in [-0.3, -0.25) is 9.36 Å². The fourth-order valence-corrected chi connectivity index (χ4v) is 3.58. The molecule has 1 aromatic carbocycles. The first-order valence-corrected chi connectivity index (χ1v) is 9.72. The predicted molar refractivity (Wildman–Crippen MR) is 105 cm³/mol. The number of rotatable bonds is 7. The van der Waals surface area contributed by atoms with Crippen molar-refractivity contribution in [1.29, 1.82) is 0 Å². The van der Waals surface area contributed by atoms with Crippen LogP contribution in [0.2, 0.25) is 0 Å². The van der Waals surface area contributed by atoms with E-state index in [0.717, 1.165) is 30.7 Å². The minimum absolute atomic E-state index is 0.0254. The van der Waals surface area contributed by atoms with E-state index in [0.29, 0.717) is 31.0 Å². The lowest BCUT2D eigenvalue weighted by Gasteiger charge is -2.17. The highest BCUT2D eigenvalue weighted by atomic mass is 16.5. The first-order chi connectivity index (χ1) is 13.5. The standard InChI is InChI=1S/C20H28N4O4/c1-4-10-24-20(26)23-11-9-15(6-8-18(23)22-24)21-19(25)12-14-5-7-16(27-2)13-17(14)28-3/h5,7,13,15H,4,6,8-12H2,1-3H3,(H,21,25). The highest BCUT2D eigenvalue weighted by Gasteiger charge is 2.22. The number of nitrogens with zero attached hydrogens (tertiary/aromatic N) is 3. The fourth-order valence-electron chi connectivity index (χ4n) is 3.58. The Morgan fingerprint density at radius 3 is 2.82 bits per heavy atom.